The second kappa shape index (κ2) is 7.98. The van der Waals surface area contributed by atoms with Crippen molar-refractivity contribution in [3.8, 4) is 11.3 Å². The summed E-state index contributed by atoms with van der Waals surface area (Å²) in [6.45, 7) is 4.68. The van der Waals surface area contributed by atoms with Gasteiger partial charge in [-0.25, -0.2) is 0 Å². The molecule has 1 amide bonds. The smallest absolute Gasteiger partial charge is 0.279 e. The van der Waals surface area contributed by atoms with E-state index in [4.69, 9.17) is 0 Å². The second-order valence-corrected chi connectivity index (χ2v) is 7.86. The summed E-state index contributed by atoms with van der Waals surface area (Å²) in [5, 5.41) is 10.7. The van der Waals surface area contributed by atoms with Gasteiger partial charge in [-0.05, 0) is 43.7 Å². The fraction of sp³-hybridized carbons (Fsp3) is 0.158. The Bertz CT molecular complexity index is 1070. The third kappa shape index (κ3) is 4.06. The van der Waals surface area contributed by atoms with Gasteiger partial charge in [0, 0.05) is 33.6 Å². The molecule has 0 aliphatic carbocycles. The lowest BCUT2D eigenvalue weighted by Gasteiger charge is -2.07. The molecule has 8 heteroatoms. The SMILES string of the molecule is CCn1c(-c2ccc(Br)cc2)c(C)sc1=NC(=O)c1ccc([N+](=O)[O-])cc1. The molecule has 0 spiro atoms. The first-order valence-corrected chi connectivity index (χ1v) is 9.81. The maximum atomic E-state index is 12.5. The number of nitro benzene ring substituents is 1. The first-order chi connectivity index (χ1) is 12.9. The number of carbonyl (C=O) groups is 1. The van der Waals surface area contributed by atoms with E-state index in [-0.39, 0.29) is 5.69 Å². The van der Waals surface area contributed by atoms with Crippen LogP contribution in [0.15, 0.2) is 58.0 Å². The van der Waals surface area contributed by atoms with Crippen molar-refractivity contribution in [3.05, 3.63) is 78.4 Å². The maximum Gasteiger partial charge on any atom is 0.279 e. The van der Waals surface area contributed by atoms with Gasteiger partial charge in [0.1, 0.15) is 0 Å². The van der Waals surface area contributed by atoms with E-state index in [1.807, 2.05) is 42.7 Å². The van der Waals surface area contributed by atoms with Crippen LogP contribution >= 0.6 is 27.3 Å². The van der Waals surface area contributed by atoms with Crippen LogP contribution in [0.2, 0.25) is 0 Å². The van der Waals surface area contributed by atoms with Crippen molar-refractivity contribution in [2.24, 2.45) is 4.99 Å². The highest BCUT2D eigenvalue weighted by molar-refractivity contribution is 9.10. The quantitative estimate of drug-likeness (QED) is 0.420. The van der Waals surface area contributed by atoms with Gasteiger partial charge in [0.15, 0.2) is 4.80 Å². The predicted molar refractivity (Wildman–Crippen MR) is 109 cm³/mol. The van der Waals surface area contributed by atoms with Crippen LogP contribution < -0.4 is 4.80 Å². The monoisotopic (exact) mass is 445 g/mol. The van der Waals surface area contributed by atoms with Gasteiger partial charge in [0.25, 0.3) is 11.6 Å². The number of amides is 1. The number of hydrogen-bond donors (Lipinski definition) is 0. The van der Waals surface area contributed by atoms with Crippen LogP contribution in [-0.2, 0) is 6.54 Å². The van der Waals surface area contributed by atoms with Crippen LogP contribution in [0.3, 0.4) is 0 Å². The van der Waals surface area contributed by atoms with Gasteiger partial charge in [-0.3, -0.25) is 14.9 Å². The Morgan fingerprint density at radius 1 is 1.19 bits per heavy atom. The molecule has 0 saturated carbocycles. The minimum Gasteiger partial charge on any atom is -0.316 e. The number of thiazole rings is 1. The van der Waals surface area contributed by atoms with Crippen molar-refractivity contribution in [1.82, 2.24) is 4.57 Å². The molecular weight excluding hydrogens is 430 g/mol. The summed E-state index contributed by atoms with van der Waals surface area (Å²) in [6, 6.07) is 13.5. The zero-order valence-corrected chi connectivity index (χ0v) is 17.1. The van der Waals surface area contributed by atoms with Crippen molar-refractivity contribution in [2.45, 2.75) is 20.4 Å². The molecule has 2 aromatic carbocycles. The Morgan fingerprint density at radius 3 is 2.37 bits per heavy atom. The topological polar surface area (TPSA) is 77.5 Å². The Hall–Kier alpha value is -2.58. The molecule has 0 atom stereocenters. The summed E-state index contributed by atoms with van der Waals surface area (Å²) in [6.07, 6.45) is 0. The first kappa shape index (κ1) is 19.2. The average Bonchev–Trinajstić information content (AvgIpc) is 2.97. The summed E-state index contributed by atoms with van der Waals surface area (Å²) >= 11 is 4.89. The van der Waals surface area contributed by atoms with Crippen molar-refractivity contribution in [3.63, 3.8) is 0 Å². The molecule has 0 fully saturated rings. The van der Waals surface area contributed by atoms with E-state index in [1.165, 1.54) is 35.6 Å². The average molecular weight is 446 g/mol. The molecule has 0 aliphatic rings. The molecule has 27 heavy (non-hydrogen) atoms. The number of halogens is 1. The highest BCUT2D eigenvalue weighted by Crippen LogP contribution is 2.26. The number of benzene rings is 2. The summed E-state index contributed by atoms with van der Waals surface area (Å²) in [5.41, 5.74) is 2.35. The highest BCUT2D eigenvalue weighted by Gasteiger charge is 2.14. The minimum absolute atomic E-state index is 0.0559. The number of aromatic nitrogens is 1. The van der Waals surface area contributed by atoms with Crippen LogP contribution in [0.25, 0.3) is 11.3 Å². The Morgan fingerprint density at radius 2 is 1.81 bits per heavy atom. The molecule has 6 nitrogen and oxygen atoms in total. The Kier molecular flexibility index (Phi) is 5.67. The number of rotatable bonds is 4. The largest absolute Gasteiger partial charge is 0.316 e. The minimum atomic E-state index is -0.496. The van der Waals surface area contributed by atoms with E-state index in [2.05, 4.69) is 20.9 Å². The molecule has 0 N–H and O–H groups in total. The third-order valence-electron chi connectivity index (χ3n) is 4.03. The van der Waals surface area contributed by atoms with Crippen molar-refractivity contribution in [1.29, 1.82) is 0 Å². The van der Waals surface area contributed by atoms with Crippen molar-refractivity contribution >= 4 is 38.9 Å². The zero-order valence-electron chi connectivity index (χ0n) is 14.7. The number of nitro groups is 1. The summed E-state index contributed by atoms with van der Waals surface area (Å²) in [4.78, 5) is 28.7. The Balaban J connectivity index is 2.03. The van der Waals surface area contributed by atoms with E-state index < -0.39 is 10.8 Å². The molecule has 3 aromatic rings. The molecule has 1 heterocycles. The third-order valence-corrected chi connectivity index (χ3v) is 5.56. The highest BCUT2D eigenvalue weighted by atomic mass is 79.9. The van der Waals surface area contributed by atoms with Crippen LogP contribution in [-0.4, -0.2) is 15.4 Å². The van der Waals surface area contributed by atoms with Gasteiger partial charge in [0.2, 0.25) is 0 Å². The van der Waals surface area contributed by atoms with E-state index >= 15 is 0 Å². The molecule has 0 saturated heterocycles. The molecule has 3 rings (SSSR count). The number of non-ortho nitro benzene ring substituents is 1. The lowest BCUT2D eigenvalue weighted by Crippen LogP contribution is -2.17. The molecule has 1 aromatic heterocycles. The number of carbonyl (C=O) groups excluding carboxylic acids is 1. The van der Waals surface area contributed by atoms with Crippen LogP contribution in [0.4, 0.5) is 5.69 Å². The normalized spacial score (nSPS) is 11.6. The Labute approximate surface area is 168 Å². The number of hydrogen-bond acceptors (Lipinski definition) is 4. The standard InChI is InChI=1S/C19H16BrN3O3S/c1-3-22-17(13-4-8-15(20)9-5-13)12(2)27-19(22)21-18(24)14-6-10-16(11-7-14)23(25)26/h4-11H,3H2,1-2H3. The van der Waals surface area contributed by atoms with Gasteiger partial charge < -0.3 is 4.57 Å². The molecule has 0 unspecified atom stereocenters. The van der Waals surface area contributed by atoms with Crippen LogP contribution in [0.5, 0.6) is 0 Å². The maximum absolute atomic E-state index is 12.5. The summed E-state index contributed by atoms with van der Waals surface area (Å²) in [5.74, 6) is -0.421. The van der Waals surface area contributed by atoms with Gasteiger partial charge in [0.05, 0.1) is 10.6 Å². The van der Waals surface area contributed by atoms with Crippen LogP contribution in [0, 0.1) is 17.0 Å². The fourth-order valence-electron chi connectivity index (χ4n) is 2.75. The molecule has 0 radical (unpaired) electrons. The second-order valence-electron chi connectivity index (χ2n) is 5.76. The first-order valence-electron chi connectivity index (χ1n) is 8.20. The van der Waals surface area contributed by atoms with E-state index in [0.717, 1.165) is 20.6 Å². The fourth-order valence-corrected chi connectivity index (χ4v) is 4.07. The van der Waals surface area contributed by atoms with E-state index in [9.17, 15) is 14.9 Å². The lowest BCUT2D eigenvalue weighted by atomic mass is 10.1. The lowest BCUT2D eigenvalue weighted by molar-refractivity contribution is -0.384. The van der Waals surface area contributed by atoms with Crippen molar-refractivity contribution < 1.29 is 9.72 Å². The predicted octanol–water partition coefficient (Wildman–Crippen LogP) is 4.96. The van der Waals surface area contributed by atoms with Crippen LogP contribution in [0.1, 0.15) is 22.2 Å². The van der Waals surface area contributed by atoms with Crippen molar-refractivity contribution in [2.75, 3.05) is 0 Å². The number of nitrogens with zero attached hydrogens (tertiary/aromatic N) is 3. The zero-order chi connectivity index (χ0) is 19.6. The van der Waals surface area contributed by atoms with Gasteiger partial charge >= 0.3 is 0 Å². The van der Waals surface area contributed by atoms with E-state index in [0.29, 0.717) is 16.9 Å². The van der Waals surface area contributed by atoms with Gasteiger partial charge in [-0.15, -0.1) is 11.3 Å². The molecule has 0 aliphatic heterocycles. The van der Waals surface area contributed by atoms with Gasteiger partial charge in [-0.2, -0.15) is 4.99 Å². The molecule has 138 valence electrons. The summed E-state index contributed by atoms with van der Waals surface area (Å²) < 4.78 is 3.01. The van der Waals surface area contributed by atoms with E-state index in [1.54, 1.807) is 0 Å². The number of aryl methyl sites for hydroxylation is 1. The molecule has 0 bridgehead atoms. The van der Waals surface area contributed by atoms with Gasteiger partial charge in [-0.1, -0.05) is 28.1 Å². The summed E-state index contributed by atoms with van der Waals surface area (Å²) in [7, 11) is 0. The molecular formula is C19H16BrN3O3S.